The van der Waals surface area contributed by atoms with Crippen LogP contribution in [0.2, 0.25) is 0 Å². The van der Waals surface area contributed by atoms with Crippen molar-refractivity contribution in [2.24, 2.45) is 5.73 Å². The maximum absolute atomic E-state index is 11.5. The van der Waals surface area contributed by atoms with Crippen molar-refractivity contribution in [1.29, 1.82) is 0 Å². The first kappa shape index (κ1) is 12.2. The molecule has 4 heteroatoms. The molecule has 0 heterocycles. The fraction of sp³-hybridized carbons (Fsp3) is 0.364. The second-order valence-corrected chi connectivity index (χ2v) is 4.53. The maximum Gasteiger partial charge on any atom is 0.239 e. The van der Waals surface area contributed by atoms with Crippen LogP contribution in [0.1, 0.15) is 12.5 Å². The molecule has 0 bridgehead atoms. The lowest BCUT2D eigenvalue weighted by Crippen LogP contribution is -2.39. The molecular formula is C11H15BrN2O. The minimum absolute atomic E-state index is 0.0463. The van der Waals surface area contributed by atoms with Gasteiger partial charge in [-0.1, -0.05) is 28.1 Å². The molecule has 1 atom stereocenters. The van der Waals surface area contributed by atoms with E-state index in [1.165, 1.54) is 0 Å². The first-order valence-corrected chi connectivity index (χ1v) is 5.55. The van der Waals surface area contributed by atoms with Crippen LogP contribution in [0.15, 0.2) is 28.7 Å². The third-order valence-electron chi connectivity index (χ3n) is 2.07. The second kappa shape index (κ2) is 5.28. The average Bonchev–Trinajstić information content (AvgIpc) is 2.16. The number of hydrogen-bond donors (Lipinski definition) is 1. The van der Waals surface area contributed by atoms with Crippen molar-refractivity contribution < 1.29 is 4.79 Å². The predicted molar refractivity (Wildman–Crippen MR) is 64.3 cm³/mol. The van der Waals surface area contributed by atoms with Gasteiger partial charge in [-0.25, -0.2) is 0 Å². The van der Waals surface area contributed by atoms with Crippen LogP contribution in [0.5, 0.6) is 0 Å². The Kier molecular flexibility index (Phi) is 4.29. The zero-order chi connectivity index (χ0) is 11.4. The molecule has 0 aliphatic carbocycles. The van der Waals surface area contributed by atoms with Crippen LogP contribution in [0.3, 0.4) is 0 Å². The monoisotopic (exact) mass is 270 g/mol. The topological polar surface area (TPSA) is 46.3 Å². The van der Waals surface area contributed by atoms with E-state index in [1.54, 1.807) is 18.9 Å². The molecule has 3 nitrogen and oxygen atoms in total. The van der Waals surface area contributed by atoms with Crippen molar-refractivity contribution in [3.63, 3.8) is 0 Å². The number of benzene rings is 1. The molecule has 1 aromatic carbocycles. The third-order valence-corrected chi connectivity index (χ3v) is 2.57. The van der Waals surface area contributed by atoms with Crippen LogP contribution in [0, 0.1) is 0 Å². The molecule has 0 aliphatic heterocycles. The zero-order valence-corrected chi connectivity index (χ0v) is 10.5. The van der Waals surface area contributed by atoms with E-state index in [4.69, 9.17) is 5.73 Å². The quantitative estimate of drug-likeness (QED) is 0.910. The third kappa shape index (κ3) is 3.64. The molecule has 1 unspecified atom stereocenters. The van der Waals surface area contributed by atoms with Gasteiger partial charge in [0.05, 0.1) is 6.04 Å². The Morgan fingerprint density at radius 1 is 1.60 bits per heavy atom. The summed E-state index contributed by atoms with van der Waals surface area (Å²) < 4.78 is 1.02. The number of carbonyl (C=O) groups excluding carboxylic acids is 1. The highest BCUT2D eigenvalue weighted by Crippen LogP contribution is 2.13. The molecule has 0 spiro atoms. The summed E-state index contributed by atoms with van der Waals surface area (Å²) in [5.41, 5.74) is 6.60. The molecule has 2 N–H and O–H groups in total. The average molecular weight is 271 g/mol. The van der Waals surface area contributed by atoms with Gasteiger partial charge < -0.3 is 10.6 Å². The van der Waals surface area contributed by atoms with Gasteiger partial charge in [-0.05, 0) is 24.6 Å². The Labute approximate surface area is 98.4 Å². The summed E-state index contributed by atoms with van der Waals surface area (Å²) in [6.45, 7) is 2.28. The van der Waals surface area contributed by atoms with Gasteiger partial charge in [0.15, 0.2) is 0 Å². The molecule has 0 aromatic heterocycles. The minimum Gasteiger partial charge on any atom is -0.340 e. The fourth-order valence-electron chi connectivity index (χ4n) is 1.33. The van der Waals surface area contributed by atoms with E-state index >= 15 is 0 Å². The van der Waals surface area contributed by atoms with Crippen molar-refractivity contribution >= 4 is 21.8 Å². The summed E-state index contributed by atoms with van der Waals surface area (Å²) in [7, 11) is 1.76. The molecule has 1 rings (SSSR count). The van der Waals surface area contributed by atoms with Crippen LogP contribution < -0.4 is 5.73 Å². The Bertz CT molecular complexity index is 352. The van der Waals surface area contributed by atoms with Crippen molar-refractivity contribution in [1.82, 2.24) is 4.90 Å². The fourth-order valence-corrected chi connectivity index (χ4v) is 1.78. The van der Waals surface area contributed by atoms with E-state index in [0.717, 1.165) is 10.0 Å². The normalized spacial score (nSPS) is 12.3. The second-order valence-electron chi connectivity index (χ2n) is 3.61. The zero-order valence-electron chi connectivity index (χ0n) is 8.90. The predicted octanol–water partition coefficient (Wildman–Crippen LogP) is 1.75. The van der Waals surface area contributed by atoms with Gasteiger partial charge in [-0.2, -0.15) is 0 Å². The van der Waals surface area contributed by atoms with Crippen LogP contribution >= 0.6 is 15.9 Å². The van der Waals surface area contributed by atoms with E-state index in [1.807, 2.05) is 24.3 Å². The maximum atomic E-state index is 11.5. The smallest absolute Gasteiger partial charge is 0.239 e. The molecule has 0 radical (unpaired) electrons. The molecule has 15 heavy (non-hydrogen) atoms. The summed E-state index contributed by atoms with van der Waals surface area (Å²) in [6, 6.07) is 7.43. The summed E-state index contributed by atoms with van der Waals surface area (Å²) in [4.78, 5) is 13.2. The van der Waals surface area contributed by atoms with Gasteiger partial charge in [0.1, 0.15) is 0 Å². The van der Waals surface area contributed by atoms with E-state index in [2.05, 4.69) is 15.9 Å². The molecule has 82 valence electrons. The van der Waals surface area contributed by atoms with Gasteiger partial charge in [-0.3, -0.25) is 4.79 Å². The van der Waals surface area contributed by atoms with Crippen LogP contribution in [-0.4, -0.2) is 23.9 Å². The highest BCUT2D eigenvalue weighted by molar-refractivity contribution is 9.10. The lowest BCUT2D eigenvalue weighted by atomic mass is 10.2. The standard InChI is InChI=1S/C11H15BrN2O/c1-8(13)11(15)14(2)7-9-4-3-5-10(12)6-9/h3-6,8H,7,13H2,1-2H3. The Balaban J connectivity index is 2.66. The number of rotatable bonds is 3. The van der Waals surface area contributed by atoms with E-state index < -0.39 is 6.04 Å². The lowest BCUT2D eigenvalue weighted by Gasteiger charge is -2.19. The van der Waals surface area contributed by atoms with Crippen molar-refractivity contribution in [3.05, 3.63) is 34.3 Å². The SMILES string of the molecule is CC(N)C(=O)N(C)Cc1cccc(Br)c1. The summed E-state index contributed by atoms with van der Waals surface area (Å²) in [5, 5.41) is 0. The molecular weight excluding hydrogens is 256 g/mol. The van der Waals surface area contributed by atoms with Crippen LogP contribution in [-0.2, 0) is 11.3 Å². The van der Waals surface area contributed by atoms with Crippen molar-refractivity contribution in [3.8, 4) is 0 Å². The summed E-state index contributed by atoms with van der Waals surface area (Å²) >= 11 is 3.39. The number of likely N-dealkylation sites (N-methyl/N-ethyl adjacent to an activating group) is 1. The highest BCUT2D eigenvalue weighted by atomic mass is 79.9. The summed E-state index contributed by atoms with van der Waals surface area (Å²) in [5.74, 6) is -0.0463. The number of halogens is 1. The van der Waals surface area contributed by atoms with E-state index in [9.17, 15) is 4.79 Å². The van der Waals surface area contributed by atoms with Crippen LogP contribution in [0.25, 0.3) is 0 Å². The molecule has 0 aliphatic rings. The van der Waals surface area contributed by atoms with Crippen LogP contribution in [0.4, 0.5) is 0 Å². The molecule has 1 amide bonds. The van der Waals surface area contributed by atoms with Gasteiger partial charge in [0, 0.05) is 18.1 Å². The number of carbonyl (C=O) groups is 1. The molecule has 1 aromatic rings. The number of hydrogen-bond acceptors (Lipinski definition) is 2. The summed E-state index contributed by atoms with van der Waals surface area (Å²) in [6.07, 6.45) is 0. The van der Waals surface area contributed by atoms with Crippen molar-refractivity contribution in [2.45, 2.75) is 19.5 Å². The molecule has 0 saturated carbocycles. The first-order chi connectivity index (χ1) is 7.00. The Morgan fingerprint density at radius 3 is 2.80 bits per heavy atom. The van der Waals surface area contributed by atoms with Gasteiger partial charge in [0.25, 0.3) is 0 Å². The van der Waals surface area contributed by atoms with Gasteiger partial charge in [0.2, 0.25) is 5.91 Å². The molecule has 0 saturated heterocycles. The number of nitrogens with two attached hydrogens (primary N) is 1. The Morgan fingerprint density at radius 2 is 2.27 bits per heavy atom. The Hall–Kier alpha value is -0.870. The molecule has 0 fully saturated rings. The first-order valence-electron chi connectivity index (χ1n) is 4.75. The van der Waals surface area contributed by atoms with Gasteiger partial charge in [-0.15, -0.1) is 0 Å². The number of nitrogens with zero attached hydrogens (tertiary/aromatic N) is 1. The number of amides is 1. The largest absolute Gasteiger partial charge is 0.340 e. The van der Waals surface area contributed by atoms with Crippen molar-refractivity contribution in [2.75, 3.05) is 7.05 Å². The lowest BCUT2D eigenvalue weighted by molar-refractivity contribution is -0.131. The highest BCUT2D eigenvalue weighted by Gasteiger charge is 2.13. The minimum atomic E-state index is -0.442. The van der Waals surface area contributed by atoms with E-state index in [0.29, 0.717) is 6.54 Å². The van der Waals surface area contributed by atoms with E-state index in [-0.39, 0.29) is 5.91 Å². The van der Waals surface area contributed by atoms with Gasteiger partial charge >= 0.3 is 0 Å².